The fraction of sp³-hybridized carbons (Fsp3) is 0.212. The van der Waals surface area contributed by atoms with Crippen LogP contribution in [0.15, 0.2) is 83.1 Å². The van der Waals surface area contributed by atoms with E-state index in [0.29, 0.717) is 22.0 Å². The zero-order valence-electron chi connectivity index (χ0n) is 25.5. The quantitative estimate of drug-likeness (QED) is 0.206. The molecule has 0 unspecified atom stereocenters. The van der Waals surface area contributed by atoms with Crippen LogP contribution in [0.25, 0.3) is 28.3 Å². The predicted octanol–water partition coefficient (Wildman–Crippen LogP) is 7.98. The highest BCUT2D eigenvalue weighted by Gasteiger charge is 2.31. The Morgan fingerprint density at radius 1 is 0.956 bits per heavy atom. The fourth-order valence-corrected chi connectivity index (χ4v) is 5.90. The molecule has 0 spiro atoms. The molecule has 5 rings (SSSR count). The van der Waals surface area contributed by atoms with Gasteiger partial charge in [-0.3, -0.25) is 4.57 Å². The van der Waals surface area contributed by atoms with Crippen molar-refractivity contribution in [2.75, 3.05) is 0 Å². The number of aromatic nitrogens is 4. The number of rotatable bonds is 6. The molecule has 0 aliphatic heterocycles. The molecule has 3 aromatic carbocycles. The van der Waals surface area contributed by atoms with Gasteiger partial charge in [0.25, 0.3) is 0 Å². The van der Waals surface area contributed by atoms with Crippen molar-refractivity contribution >= 4 is 22.9 Å². The molecule has 1 N–H and O–H groups in total. The normalized spacial score (nSPS) is 12.7. The second-order valence-corrected chi connectivity index (χ2v) is 11.5. The number of nitrogens with one attached hydrogen (secondary N) is 1. The molecule has 0 fully saturated rings. The Kier molecular flexibility index (Phi) is 8.78. The summed E-state index contributed by atoms with van der Waals surface area (Å²) in [7, 11) is 0. The lowest BCUT2D eigenvalue weighted by Gasteiger charge is -2.14. The van der Waals surface area contributed by atoms with Gasteiger partial charge in [-0.1, -0.05) is 42.0 Å². The summed E-state index contributed by atoms with van der Waals surface area (Å²) in [6, 6.07) is 16.7. The maximum absolute atomic E-state index is 13.0. The number of alkyl halides is 3. The Balaban J connectivity index is 1.31. The number of aryl methyl sites for hydroxylation is 4. The third kappa shape index (κ3) is 7.23. The number of allylic oxidation sites excluding steroid dienone is 2. The number of urea groups is 1. The Labute approximate surface area is 262 Å². The summed E-state index contributed by atoms with van der Waals surface area (Å²) >= 11 is 1.41. The number of ether oxygens (including phenoxy) is 1. The van der Waals surface area contributed by atoms with E-state index in [1.165, 1.54) is 52.2 Å². The molecule has 0 radical (unpaired) electrons. The van der Waals surface area contributed by atoms with E-state index < -0.39 is 12.4 Å². The second-order valence-electron chi connectivity index (χ2n) is 10.7. The third-order valence-electron chi connectivity index (χ3n) is 7.19. The first-order chi connectivity index (χ1) is 21.3. The maximum Gasteiger partial charge on any atom is 0.573 e. The first kappa shape index (κ1) is 31.5. The van der Waals surface area contributed by atoms with E-state index >= 15 is 0 Å². The lowest BCUT2D eigenvalue weighted by atomic mass is 10.0. The van der Waals surface area contributed by atoms with Gasteiger partial charge in [0.05, 0.1) is 11.4 Å². The van der Waals surface area contributed by atoms with Crippen molar-refractivity contribution in [3.05, 3.63) is 111 Å². The summed E-state index contributed by atoms with van der Waals surface area (Å²) in [5, 5.41) is 9.34. The van der Waals surface area contributed by atoms with Gasteiger partial charge in [0, 0.05) is 22.3 Å². The molecule has 0 atom stereocenters. The van der Waals surface area contributed by atoms with Crippen LogP contribution in [0.5, 0.6) is 5.75 Å². The molecule has 2 aromatic heterocycles. The van der Waals surface area contributed by atoms with Crippen molar-refractivity contribution < 1.29 is 22.7 Å². The minimum atomic E-state index is -4.76. The Morgan fingerprint density at radius 3 is 2.22 bits per heavy atom. The van der Waals surface area contributed by atoms with E-state index in [9.17, 15) is 18.0 Å². The Morgan fingerprint density at radius 2 is 1.60 bits per heavy atom. The summed E-state index contributed by atoms with van der Waals surface area (Å²) in [5.41, 5.74) is 9.14. The average molecular weight is 633 g/mol. The number of halogens is 3. The summed E-state index contributed by atoms with van der Waals surface area (Å²) in [6.45, 7) is 11.9. The van der Waals surface area contributed by atoms with Crippen molar-refractivity contribution in [3.63, 3.8) is 0 Å². The number of nitrogens with zero attached hydrogens (tertiary/aromatic N) is 5. The number of carbonyl (C=O) groups is 1. The van der Waals surface area contributed by atoms with Gasteiger partial charge in [-0.15, -0.1) is 29.6 Å². The van der Waals surface area contributed by atoms with Crippen LogP contribution in [0.1, 0.15) is 41.8 Å². The van der Waals surface area contributed by atoms with Gasteiger partial charge in [0.2, 0.25) is 0 Å². The molecular weight excluding hydrogens is 601 g/mol. The van der Waals surface area contributed by atoms with Gasteiger partial charge in [-0.05, 0) is 88.1 Å². The molecule has 45 heavy (non-hydrogen) atoms. The van der Waals surface area contributed by atoms with Gasteiger partial charge < -0.3 is 10.1 Å². The third-order valence-corrected chi connectivity index (χ3v) is 8.14. The van der Waals surface area contributed by atoms with E-state index in [0.717, 1.165) is 39.2 Å². The topological polar surface area (TPSA) is 86.3 Å². The highest BCUT2D eigenvalue weighted by atomic mass is 32.1. The monoisotopic (exact) mass is 632 g/mol. The van der Waals surface area contributed by atoms with Crippen LogP contribution in [0.4, 0.5) is 18.0 Å². The van der Waals surface area contributed by atoms with Crippen LogP contribution in [0.3, 0.4) is 0 Å². The summed E-state index contributed by atoms with van der Waals surface area (Å²) in [6.07, 6.45) is -3.27. The zero-order chi connectivity index (χ0) is 32.5. The van der Waals surface area contributed by atoms with Crippen molar-refractivity contribution in [1.29, 1.82) is 0 Å². The molecule has 0 saturated heterocycles. The number of carbonyl (C=O) groups excluding carboxylic acids is 1. The number of hydrogen-bond donors (Lipinski definition) is 1. The summed E-state index contributed by atoms with van der Waals surface area (Å²) < 4.78 is 44.7. The van der Waals surface area contributed by atoms with Gasteiger partial charge >= 0.3 is 12.4 Å². The van der Waals surface area contributed by atoms with E-state index in [-0.39, 0.29) is 5.75 Å². The van der Waals surface area contributed by atoms with Gasteiger partial charge in [0.15, 0.2) is 10.6 Å². The molecule has 2 heterocycles. The van der Waals surface area contributed by atoms with E-state index in [1.807, 2.05) is 55.0 Å². The van der Waals surface area contributed by atoms with Crippen LogP contribution >= 0.6 is 11.3 Å². The zero-order valence-corrected chi connectivity index (χ0v) is 26.3. The maximum atomic E-state index is 13.0. The molecule has 5 aromatic rings. The second kappa shape index (κ2) is 12.6. The molecule has 0 aliphatic carbocycles. The van der Waals surface area contributed by atoms with Crippen LogP contribution in [-0.2, 0) is 0 Å². The Hall–Kier alpha value is -4.97. The molecule has 232 valence electrons. The van der Waals surface area contributed by atoms with E-state index in [4.69, 9.17) is 0 Å². The predicted molar refractivity (Wildman–Crippen MR) is 168 cm³/mol. The minimum absolute atomic E-state index is 0.316. The van der Waals surface area contributed by atoms with Crippen LogP contribution in [-0.4, -0.2) is 31.7 Å². The SMILES string of the molecule is C/C(NC(=O)/N=c1\scc(C)n1-c1c(C)cc(C)cc1C)=C(/C)c1ccc(-c2ncn(-c3ccc(OC(F)(F)F)cc3)n2)cc1. The van der Waals surface area contributed by atoms with Gasteiger partial charge in [0.1, 0.15) is 12.1 Å². The smallest absolute Gasteiger partial charge is 0.406 e. The number of amides is 2. The van der Waals surface area contributed by atoms with E-state index in [2.05, 4.69) is 58.0 Å². The molecular formula is C33H31F3N6O2S. The lowest BCUT2D eigenvalue weighted by molar-refractivity contribution is -0.274. The summed E-state index contributed by atoms with van der Waals surface area (Å²) in [4.78, 5) is 22.3. The molecule has 0 aliphatic rings. The fourth-order valence-electron chi connectivity index (χ4n) is 5.04. The first-order valence-corrected chi connectivity index (χ1v) is 14.8. The number of benzene rings is 3. The highest BCUT2D eigenvalue weighted by molar-refractivity contribution is 7.07. The molecule has 12 heteroatoms. The highest BCUT2D eigenvalue weighted by Crippen LogP contribution is 2.26. The summed E-state index contributed by atoms with van der Waals surface area (Å²) in [5.74, 6) is 0.129. The van der Waals surface area contributed by atoms with Crippen molar-refractivity contribution in [3.8, 4) is 28.5 Å². The lowest BCUT2D eigenvalue weighted by Crippen LogP contribution is -2.24. The first-order valence-electron chi connectivity index (χ1n) is 14.0. The molecule has 0 saturated carbocycles. The van der Waals surface area contributed by atoms with Crippen molar-refractivity contribution in [1.82, 2.24) is 24.6 Å². The van der Waals surface area contributed by atoms with Crippen molar-refractivity contribution in [2.24, 2.45) is 4.99 Å². The standard InChI is InChI=1S/C33H31F3N6O2S/c1-19-15-20(2)29(21(3)16-19)42-22(4)17-45-32(42)39-31(43)38-24(6)23(5)25-7-9-26(10-8-25)30-37-18-41(40-30)27-11-13-28(14-12-27)44-33(34,35)36/h7-18H,1-6H3,(H,38,43)/b24-23+,39-32-. The largest absolute Gasteiger partial charge is 0.573 e. The van der Waals surface area contributed by atoms with Crippen molar-refractivity contribution in [2.45, 2.75) is 47.9 Å². The van der Waals surface area contributed by atoms with Crippen LogP contribution in [0.2, 0.25) is 0 Å². The molecule has 0 bridgehead atoms. The average Bonchev–Trinajstić information content (AvgIpc) is 3.59. The molecule has 8 nitrogen and oxygen atoms in total. The minimum Gasteiger partial charge on any atom is -0.406 e. The Bertz CT molecular complexity index is 1940. The van der Waals surface area contributed by atoms with Gasteiger partial charge in [-0.2, -0.15) is 4.99 Å². The number of hydrogen-bond acceptors (Lipinski definition) is 5. The molecule has 2 amide bonds. The van der Waals surface area contributed by atoms with Crippen LogP contribution < -0.4 is 14.9 Å². The number of thiazole rings is 1. The van der Waals surface area contributed by atoms with Gasteiger partial charge in [-0.25, -0.2) is 14.5 Å². The van der Waals surface area contributed by atoms with Crippen LogP contribution in [0, 0.1) is 27.7 Å². The van der Waals surface area contributed by atoms with E-state index in [1.54, 1.807) is 0 Å².